The van der Waals surface area contributed by atoms with Crippen LogP contribution in [0.4, 0.5) is 0 Å². The van der Waals surface area contributed by atoms with Gasteiger partial charge in [-0.2, -0.15) is 5.10 Å². The van der Waals surface area contributed by atoms with Crippen molar-refractivity contribution in [3.8, 4) is 5.69 Å². The molecule has 2 N–H and O–H groups in total. The number of carbonyl (C=O) groups is 1. The fourth-order valence-electron chi connectivity index (χ4n) is 3.26. The van der Waals surface area contributed by atoms with Gasteiger partial charge in [0, 0.05) is 45.3 Å². The number of aromatic amines is 1. The van der Waals surface area contributed by atoms with Gasteiger partial charge in [0.1, 0.15) is 0 Å². The number of hydrogen-bond donors (Lipinski definition) is 2. The van der Waals surface area contributed by atoms with Crippen molar-refractivity contribution in [2.24, 2.45) is 5.10 Å². The van der Waals surface area contributed by atoms with E-state index in [0.29, 0.717) is 5.56 Å². The predicted molar refractivity (Wildman–Crippen MR) is 109 cm³/mol. The molecule has 5 nitrogen and oxygen atoms in total. The van der Waals surface area contributed by atoms with Gasteiger partial charge in [-0.25, -0.2) is 5.43 Å². The molecule has 2 heterocycles. The van der Waals surface area contributed by atoms with Crippen LogP contribution in [0.25, 0.3) is 16.6 Å². The number of aryl methyl sites for hydroxylation is 2. The summed E-state index contributed by atoms with van der Waals surface area (Å²) in [5.41, 5.74) is 8.48. The first-order valence-corrected chi connectivity index (χ1v) is 8.78. The molecule has 1 amide bonds. The van der Waals surface area contributed by atoms with Crippen LogP contribution >= 0.6 is 0 Å². The van der Waals surface area contributed by atoms with Gasteiger partial charge in [0.25, 0.3) is 5.91 Å². The summed E-state index contributed by atoms with van der Waals surface area (Å²) in [4.78, 5) is 15.5. The minimum absolute atomic E-state index is 0.237. The minimum atomic E-state index is -0.237. The molecular weight excluding hydrogens is 336 g/mol. The highest BCUT2D eigenvalue weighted by molar-refractivity contribution is 6.00. The molecule has 4 aromatic rings. The fourth-order valence-corrected chi connectivity index (χ4v) is 3.26. The number of carbonyl (C=O) groups excluding carboxylic acids is 1. The first kappa shape index (κ1) is 16.8. The van der Waals surface area contributed by atoms with E-state index in [1.807, 2.05) is 54.7 Å². The summed E-state index contributed by atoms with van der Waals surface area (Å²) in [5.74, 6) is -0.237. The van der Waals surface area contributed by atoms with E-state index < -0.39 is 0 Å². The molecule has 0 unspecified atom stereocenters. The molecule has 0 radical (unpaired) electrons. The third-order valence-corrected chi connectivity index (χ3v) is 4.65. The van der Waals surface area contributed by atoms with E-state index in [-0.39, 0.29) is 5.91 Å². The second-order valence-electron chi connectivity index (χ2n) is 6.49. The molecule has 0 bridgehead atoms. The summed E-state index contributed by atoms with van der Waals surface area (Å²) >= 11 is 0. The summed E-state index contributed by atoms with van der Waals surface area (Å²) in [5, 5.41) is 5.16. The molecule has 0 fully saturated rings. The lowest BCUT2D eigenvalue weighted by Gasteiger charge is -2.10. The number of benzene rings is 2. The fraction of sp³-hybridized carbons (Fsp3) is 0.0909. The molecule has 5 heteroatoms. The number of nitrogens with one attached hydrogen (secondary N) is 2. The number of nitrogens with zero attached hydrogens (tertiary/aromatic N) is 2. The van der Waals surface area contributed by atoms with Gasteiger partial charge in [-0.05, 0) is 56.3 Å². The van der Waals surface area contributed by atoms with Gasteiger partial charge in [-0.3, -0.25) is 4.79 Å². The third-order valence-electron chi connectivity index (χ3n) is 4.65. The van der Waals surface area contributed by atoms with Crippen molar-refractivity contribution in [2.45, 2.75) is 13.8 Å². The Balaban J connectivity index is 1.47. The molecule has 0 aliphatic heterocycles. The number of para-hydroxylation sites is 1. The van der Waals surface area contributed by atoms with E-state index >= 15 is 0 Å². The van der Waals surface area contributed by atoms with Crippen LogP contribution in [0.5, 0.6) is 0 Å². The molecule has 0 atom stereocenters. The normalized spacial score (nSPS) is 11.3. The molecule has 4 rings (SSSR count). The van der Waals surface area contributed by atoms with Crippen molar-refractivity contribution >= 4 is 23.0 Å². The Labute approximate surface area is 157 Å². The van der Waals surface area contributed by atoms with Crippen LogP contribution in [0.1, 0.15) is 27.3 Å². The Morgan fingerprint density at radius 3 is 2.44 bits per heavy atom. The van der Waals surface area contributed by atoms with Crippen molar-refractivity contribution in [1.82, 2.24) is 15.0 Å². The molecule has 0 spiro atoms. The zero-order chi connectivity index (χ0) is 18.8. The second-order valence-corrected chi connectivity index (χ2v) is 6.49. The SMILES string of the molecule is Cc1ccc(C)n1-c1ccc(C(=O)N/N=C/c2c[nH]c3ccccc23)cc1. The minimum Gasteiger partial charge on any atom is -0.361 e. The van der Waals surface area contributed by atoms with Crippen LogP contribution in [0, 0.1) is 13.8 Å². The summed E-state index contributed by atoms with van der Waals surface area (Å²) in [6.45, 7) is 4.13. The van der Waals surface area contributed by atoms with E-state index in [1.165, 1.54) is 0 Å². The average Bonchev–Trinajstić information content (AvgIpc) is 3.25. The van der Waals surface area contributed by atoms with Crippen molar-refractivity contribution < 1.29 is 4.79 Å². The zero-order valence-corrected chi connectivity index (χ0v) is 15.2. The van der Waals surface area contributed by atoms with Gasteiger partial charge in [-0.1, -0.05) is 18.2 Å². The highest BCUT2D eigenvalue weighted by atomic mass is 16.2. The number of hydrogen-bond acceptors (Lipinski definition) is 2. The molecule has 134 valence electrons. The Kier molecular flexibility index (Phi) is 4.34. The highest BCUT2D eigenvalue weighted by Crippen LogP contribution is 2.17. The van der Waals surface area contributed by atoms with E-state index in [1.54, 1.807) is 6.21 Å². The van der Waals surface area contributed by atoms with E-state index in [4.69, 9.17) is 0 Å². The van der Waals surface area contributed by atoms with Crippen molar-refractivity contribution in [2.75, 3.05) is 0 Å². The van der Waals surface area contributed by atoms with E-state index in [2.05, 4.69) is 46.1 Å². The summed E-state index contributed by atoms with van der Waals surface area (Å²) in [6, 6.07) is 19.6. The molecule has 2 aromatic carbocycles. The first-order chi connectivity index (χ1) is 13.1. The monoisotopic (exact) mass is 356 g/mol. The number of amides is 1. The lowest BCUT2D eigenvalue weighted by Crippen LogP contribution is -2.17. The van der Waals surface area contributed by atoms with E-state index in [9.17, 15) is 4.79 Å². The first-order valence-electron chi connectivity index (χ1n) is 8.78. The molecule has 0 aliphatic rings. The number of rotatable bonds is 4. The molecule has 0 saturated carbocycles. The van der Waals surface area contributed by atoms with Gasteiger partial charge in [0.2, 0.25) is 0 Å². The van der Waals surface area contributed by atoms with E-state index in [0.717, 1.165) is 33.5 Å². The Morgan fingerprint density at radius 1 is 1.00 bits per heavy atom. The van der Waals surface area contributed by atoms with Gasteiger partial charge >= 0.3 is 0 Å². The average molecular weight is 356 g/mol. The number of H-pyrrole nitrogens is 1. The Bertz CT molecular complexity index is 1110. The number of fused-ring (bicyclic) bond motifs is 1. The zero-order valence-electron chi connectivity index (χ0n) is 15.2. The molecular formula is C22H20N4O. The third kappa shape index (κ3) is 3.27. The van der Waals surface area contributed by atoms with Gasteiger partial charge in [0.15, 0.2) is 0 Å². The van der Waals surface area contributed by atoms with Crippen LogP contribution in [-0.4, -0.2) is 21.7 Å². The van der Waals surface area contributed by atoms with Crippen molar-refractivity contribution in [3.63, 3.8) is 0 Å². The van der Waals surface area contributed by atoms with Crippen LogP contribution in [0.15, 0.2) is 72.0 Å². The maximum absolute atomic E-state index is 12.3. The molecule has 27 heavy (non-hydrogen) atoms. The van der Waals surface area contributed by atoms with Crippen molar-refractivity contribution in [3.05, 3.63) is 89.4 Å². The quantitative estimate of drug-likeness (QED) is 0.415. The van der Waals surface area contributed by atoms with Crippen LogP contribution in [-0.2, 0) is 0 Å². The van der Waals surface area contributed by atoms with Gasteiger partial charge in [-0.15, -0.1) is 0 Å². The largest absolute Gasteiger partial charge is 0.361 e. The number of hydrazone groups is 1. The van der Waals surface area contributed by atoms with Crippen LogP contribution < -0.4 is 5.43 Å². The molecule has 0 saturated heterocycles. The Morgan fingerprint density at radius 2 is 1.70 bits per heavy atom. The highest BCUT2D eigenvalue weighted by Gasteiger charge is 2.07. The maximum Gasteiger partial charge on any atom is 0.271 e. The van der Waals surface area contributed by atoms with Crippen molar-refractivity contribution in [1.29, 1.82) is 0 Å². The van der Waals surface area contributed by atoms with Crippen LogP contribution in [0.3, 0.4) is 0 Å². The lowest BCUT2D eigenvalue weighted by atomic mass is 10.2. The lowest BCUT2D eigenvalue weighted by molar-refractivity contribution is 0.0955. The predicted octanol–water partition coefficient (Wildman–Crippen LogP) is 4.34. The molecule has 0 aliphatic carbocycles. The maximum atomic E-state index is 12.3. The standard InChI is InChI=1S/C22H20N4O/c1-15-7-8-16(2)26(15)19-11-9-17(10-12-19)22(27)25-24-14-18-13-23-21-6-4-3-5-20(18)21/h3-14,23H,1-2H3,(H,25,27)/b24-14+. The summed E-state index contributed by atoms with van der Waals surface area (Å²) < 4.78 is 2.15. The van der Waals surface area contributed by atoms with Gasteiger partial charge in [0.05, 0.1) is 6.21 Å². The summed E-state index contributed by atoms with van der Waals surface area (Å²) in [6.07, 6.45) is 3.52. The van der Waals surface area contributed by atoms with Crippen LogP contribution in [0.2, 0.25) is 0 Å². The Hall–Kier alpha value is -3.60. The van der Waals surface area contributed by atoms with Gasteiger partial charge < -0.3 is 9.55 Å². The smallest absolute Gasteiger partial charge is 0.271 e. The summed E-state index contributed by atoms with van der Waals surface area (Å²) in [7, 11) is 0. The number of aromatic nitrogens is 2. The molecule has 2 aromatic heterocycles. The second kappa shape index (κ2) is 6.96. The topological polar surface area (TPSA) is 62.2 Å².